The second kappa shape index (κ2) is 9.38. The molecular weight excluding hydrogens is 415 g/mol. The van der Waals surface area contributed by atoms with Gasteiger partial charge in [0.15, 0.2) is 18.0 Å². The van der Waals surface area contributed by atoms with Gasteiger partial charge in [-0.05, 0) is 50.3 Å². The number of aliphatic hydroxyl groups excluding tert-OH is 2. The van der Waals surface area contributed by atoms with Crippen molar-refractivity contribution in [3.63, 3.8) is 0 Å². The lowest BCUT2D eigenvalue weighted by molar-refractivity contribution is -0.360. The average Bonchev–Trinajstić information content (AvgIpc) is 2.68. The average molecular weight is 440 g/mol. The maximum atomic E-state index is 10.3. The molecule has 4 N–H and O–H groups in total. The Labute approximate surface area is 180 Å². The minimum atomic E-state index is -1.20. The van der Waals surface area contributed by atoms with Crippen LogP contribution >= 0.6 is 23.8 Å². The van der Waals surface area contributed by atoms with Crippen LogP contribution in [0.25, 0.3) is 0 Å². The van der Waals surface area contributed by atoms with E-state index in [0.717, 1.165) is 17.3 Å². The molecular formula is C18H25BN2O6S2. The highest BCUT2D eigenvalue weighted by Gasteiger charge is 2.51. The van der Waals surface area contributed by atoms with Crippen LogP contribution in [0.15, 0.2) is 24.3 Å². The number of thiocarbonyl (C=S) groups is 1. The fourth-order valence-corrected chi connectivity index (χ4v) is 3.56. The molecule has 0 saturated carbocycles. The van der Waals surface area contributed by atoms with Crippen LogP contribution in [-0.4, -0.2) is 71.4 Å². The van der Waals surface area contributed by atoms with Gasteiger partial charge in [0.2, 0.25) is 6.29 Å². The van der Waals surface area contributed by atoms with E-state index in [-0.39, 0.29) is 19.6 Å². The summed E-state index contributed by atoms with van der Waals surface area (Å²) in [5.41, 5.74) is -0.117. The molecule has 0 amide bonds. The third kappa shape index (κ3) is 5.97. The summed E-state index contributed by atoms with van der Waals surface area (Å²) in [6.45, 7) is 4.09. The maximum Gasteiger partial charge on any atom is 0.229 e. The molecule has 0 aliphatic carbocycles. The first-order valence-electron chi connectivity index (χ1n) is 9.17. The van der Waals surface area contributed by atoms with Crippen molar-refractivity contribution >= 4 is 41.8 Å². The smallest absolute Gasteiger partial charge is 0.229 e. The van der Waals surface area contributed by atoms with Gasteiger partial charge >= 0.3 is 0 Å². The van der Waals surface area contributed by atoms with Crippen LogP contribution in [0, 0.1) is 0 Å². The molecule has 3 rings (SSSR count). The fraction of sp³-hybridized carbons (Fsp3) is 0.611. The van der Waals surface area contributed by atoms with Crippen LogP contribution in [0.2, 0.25) is 0 Å². The molecule has 2 radical (unpaired) electrons. The van der Waals surface area contributed by atoms with Crippen LogP contribution < -0.4 is 15.4 Å². The van der Waals surface area contributed by atoms with Crippen molar-refractivity contribution in [1.82, 2.24) is 5.32 Å². The van der Waals surface area contributed by atoms with E-state index in [2.05, 4.69) is 10.6 Å². The molecule has 3 unspecified atom stereocenters. The van der Waals surface area contributed by atoms with Crippen molar-refractivity contribution in [2.75, 3.05) is 24.4 Å². The minimum absolute atomic E-state index is 0.193. The van der Waals surface area contributed by atoms with Crippen molar-refractivity contribution in [1.29, 1.82) is 0 Å². The van der Waals surface area contributed by atoms with Crippen LogP contribution in [-0.2, 0) is 14.2 Å². The summed E-state index contributed by atoms with van der Waals surface area (Å²) in [6.07, 6.45) is -3.08. The van der Waals surface area contributed by atoms with Gasteiger partial charge < -0.3 is 39.8 Å². The topological polar surface area (TPSA) is 101 Å². The van der Waals surface area contributed by atoms with E-state index < -0.39 is 29.9 Å². The highest BCUT2D eigenvalue weighted by Crippen LogP contribution is 2.36. The Morgan fingerprint density at radius 1 is 1.28 bits per heavy atom. The Hall–Kier alpha value is -1.08. The van der Waals surface area contributed by atoms with E-state index in [4.69, 9.17) is 38.3 Å². The third-order valence-corrected chi connectivity index (χ3v) is 5.22. The van der Waals surface area contributed by atoms with E-state index in [1.54, 1.807) is 24.3 Å². The van der Waals surface area contributed by atoms with Gasteiger partial charge in [0.05, 0.1) is 25.2 Å². The second-order valence-electron chi connectivity index (χ2n) is 7.49. The van der Waals surface area contributed by atoms with Crippen LogP contribution in [0.5, 0.6) is 5.75 Å². The van der Waals surface area contributed by atoms with Gasteiger partial charge in [-0.2, -0.15) is 0 Å². The van der Waals surface area contributed by atoms with Crippen LogP contribution in [0.1, 0.15) is 20.3 Å². The summed E-state index contributed by atoms with van der Waals surface area (Å²) in [5, 5.41) is 27.1. The summed E-state index contributed by atoms with van der Waals surface area (Å²) in [4.78, 5) is 0. The minimum Gasteiger partial charge on any atom is -0.462 e. The zero-order valence-electron chi connectivity index (χ0n) is 16.3. The third-order valence-electron chi connectivity index (χ3n) is 4.67. The van der Waals surface area contributed by atoms with Gasteiger partial charge in [-0.1, -0.05) is 0 Å². The monoisotopic (exact) mass is 440 g/mol. The largest absolute Gasteiger partial charge is 0.462 e. The molecule has 2 aliphatic rings. The van der Waals surface area contributed by atoms with Gasteiger partial charge in [0, 0.05) is 12.1 Å². The Kier molecular flexibility index (Phi) is 7.31. The first kappa shape index (κ1) is 22.6. The predicted octanol–water partition coefficient (Wildman–Crippen LogP) is 1.12. The zero-order valence-corrected chi connectivity index (χ0v) is 17.9. The summed E-state index contributed by atoms with van der Waals surface area (Å²) in [6, 6.07) is 6.97. The summed E-state index contributed by atoms with van der Waals surface area (Å²) in [7, 11) is 5.35. The molecule has 0 bridgehead atoms. The first-order valence-corrected chi connectivity index (χ1v) is 10.6. The number of hydrogen-bond acceptors (Lipinski definition) is 8. The molecule has 158 valence electrons. The summed E-state index contributed by atoms with van der Waals surface area (Å²) < 4.78 is 23.2. The first-order chi connectivity index (χ1) is 13.7. The molecule has 8 nitrogen and oxygen atoms in total. The normalized spacial score (nSPS) is 27.9. The summed E-state index contributed by atoms with van der Waals surface area (Å²) in [5.74, 6) is 0.254. The zero-order chi connectivity index (χ0) is 21.1. The van der Waals surface area contributed by atoms with E-state index in [9.17, 15) is 10.2 Å². The van der Waals surface area contributed by atoms with Crippen molar-refractivity contribution < 1.29 is 29.2 Å². The quantitative estimate of drug-likeness (QED) is 0.303. The molecule has 1 spiro atoms. The molecule has 11 heteroatoms. The highest BCUT2D eigenvalue weighted by molar-refractivity contribution is 8.19. The van der Waals surface area contributed by atoms with E-state index >= 15 is 0 Å². The fourth-order valence-electron chi connectivity index (χ4n) is 3.05. The van der Waals surface area contributed by atoms with Gasteiger partial charge in [-0.3, -0.25) is 0 Å². The number of anilines is 1. The molecule has 2 fully saturated rings. The Morgan fingerprint density at radius 3 is 2.55 bits per heavy atom. The van der Waals surface area contributed by atoms with E-state index in [0.29, 0.717) is 16.7 Å². The lowest BCUT2D eigenvalue weighted by atomic mass is 9.90. The molecule has 1 aromatic rings. The van der Waals surface area contributed by atoms with Crippen LogP contribution in [0.4, 0.5) is 5.69 Å². The maximum absolute atomic E-state index is 10.3. The Morgan fingerprint density at radius 2 is 1.93 bits per heavy atom. The number of aliphatic hydroxyl groups is 2. The Bertz CT molecular complexity index is 698. The molecule has 2 saturated heterocycles. The summed E-state index contributed by atoms with van der Waals surface area (Å²) >= 11 is 6.29. The second-order valence-corrected chi connectivity index (χ2v) is 8.52. The number of ether oxygens (including phenoxy) is 4. The molecule has 2 heterocycles. The van der Waals surface area contributed by atoms with Crippen molar-refractivity contribution in [2.45, 2.75) is 50.2 Å². The lowest BCUT2D eigenvalue weighted by Crippen LogP contribution is -2.63. The molecule has 3 atom stereocenters. The van der Waals surface area contributed by atoms with E-state index in [1.165, 1.54) is 0 Å². The van der Waals surface area contributed by atoms with Gasteiger partial charge in [0.1, 0.15) is 17.5 Å². The number of nitrogens with one attached hydrogen (secondary N) is 2. The van der Waals surface area contributed by atoms with Crippen molar-refractivity contribution in [3.8, 4) is 5.75 Å². The number of rotatable bonds is 5. The molecule has 29 heavy (non-hydrogen) atoms. The SMILES string of the molecule is [B]SCNC(=S)Nc1ccc(OC2OC3(COC(C)(C)OC3)CC(O)C2O)cc1. The molecule has 1 aromatic carbocycles. The van der Waals surface area contributed by atoms with Gasteiger partial charge in [-0.25, -0.2) is 11.6 Å². The molecule has 0 aromatic heterocycles. The van der Waals surface area contributed by atoms with Crippen molar-refractivity contribution in [2.24, 2.45) is 0 Å². The predicted molar refractivity (Wildman–Crippen MR) is 115 cm³/mol. The van der Waals surface area contributed by atoms with Crippen LogP contribution in [0.3, 0.4) is 0 Å². The van der Waals surface area contributed by atoms with Gasteiger partial charge in [-0.15, -0.1) is 0 Å². The Balaban J connectivity index is 1.61. The molecule has 2 aliphatic heterocycles. The number of hydrogen-bond donors (Lipinski definition) is 4. The van der Waals surface area contributed by atoms with Crippen molar-refractivity contribution in [3.05, 3.63) is 24.3 Å². The standard InChI is InChI=1S/C18H25BN2O6S2/c1-17(2)24-8-18(9-25-17)7-13(22)14(23)15(27-18)26-12-5-3-11(4-6-12)21-16(28)20-10-29-19/h3-6,13-15,22-23H,7-10H2,1-2H3,(H2,20,21,28). The van der Waals surface area contributed by atoms with E-state index in [1.807, 2.05) is 13.8 Å². The lowest BCUT2D eigenvalue weighted by Gasteiger charge is -2.49. The number of benzene rings is 1. The van der Waals surface area contributed by atoms with Gasteiger partial charge in [0.25, 0.3) is 0 Å². The highest BCUT2D eigenvalue weighted by atomic mass is 32.2.